The number of halogens is 3. The van der Waals surface area contributed by atoms with Gasteiger partial charge in [-0.05, 0) is 24.1 Å². The molecule has 0 saturated carbocycles. The van der Waals surface area contributed by atoms with Crippen molar-refractivity contribution in [2.45, 2.75) is 18.8 Å². The van der Waals surface area contributed by atoms with Crippen molar-refractivity contribution in [1.29, 1.82) is 0 Å². The van der Waals surface area contributed by atoms with E-state index in [1.165, 1.54) is 12.1 Å². The van der Waals surface area contributed by atoms with Crippen molar-refractivity contribution in [1.82, 2.24) is 15.0 Å². The van der Waals surface area contributed by atoms with Gasteiger partial charge in [0.2, 0.25) is 0 Å². The first-order valence-corrected chi connectivity index (χ1v) is 6.16. The van der Waals surface area contributed by atoms with Gasteiger partial charge in [-0.25, -0.2) is 4.98 Å². The Morgan fingerprint density at radius 2 is 2.00 bits per heavy atom. The van der Waals surface area contributed by atoms with E-state index in [-0.39, 0.29) is 11.8 Å². The second-order valence-corrected chi connectivity index (χ2v) is 4.54. The number of aryl methyl sites for hydroxylation is 1. The van der Waals surface area contributed by atoms with Crippen LogP contribution in [0.25, 0.3) is 0 Å². The Balaban J connectivity index is 2.07. The van der Waals surface area contributed by atoms with Gasteiger partial charge in [0, 0.05) is 13.2 Å². The van der Waals surface area contributed by atoms with Gasteiger partial charge in [-0.15, -0.1) is 13.2 Å². The van der Waals surface area contributed by atoms with E-state index >= 15 is 0 Å². The van der Waals surface area contributed by atoms with Crippen LogP contribution in [-0.4, -0.2) is 15.9 Å². The summed E-state index contributed by atoms with van der Waals surface area (Å²) in [4.78, 5) is 4.01. The largest absolute Gasteiger partial charge is 0.573 e. The predicted molar refractivity (Wildman–Crippen MR) is 70.1 cm³/mol. The lowest BCUT2D eigenvalue weighted by Gasteiger charge is -2.17. The number of nitrogens with zero attached hydrogens (tertiary/aromatic N) is 2. The van der Waals surface area contributed by atoms with Crippen molar-refractivity contribution in [3.63, 3.8) is 0 Å². The Bertz CT molecular complexity index is 580. The highest BCUT2D eigenvalue weighted by atomic mass is 19.4. The molecule has 0 radical (unpaired) electrons. The molecule has 2 rings (SSSR count). The van der Waals surface area contributed by atoms with Crippen molar-refractivity contribution < 1.29 is 17.9 Å². The molecule has 1 unspecified atom stereocenters. The number of rotatable bonds is 5. The average molecular weight is 300 g/mol. The van der Waals surface area contributed by atoms with Gasteiger partial charge >= 0.3 is 6.36 Å². The lowest BCUT2D eigenvalue weighted by molar-refractivity contribution is -0.274. The fourth-order valence-electron chi connectivity index (χ4n) is 2.02. The van der Waals surface area contributed by atoms with Gasteiger partial charge in [0.05, 0.1) is 18.1 Å². The first-order chi connectivity index (χ1) is 9.89. The molecule has 0 saturated heterocycles. The van der Waals surface area contributed by atoms with E-state index in [9.17, 15) is 13.2 Å². The summed E-state index contributed by atoms with van der Waals surface area (Å²) in [6, 6.07) is 5.51. The summed E-state index contributed by atoms with van der Waals surface area (Å²) in [5.41, 5.74) is 4.38. The second kappa shape index (κ2) is 6.15. The lowest BCUT2D eigenvalue weighted by Crippen LogP contribution is -2.30. The summed E-state index contributed by atoms with van der Waals surface area (Å²) in [5.74, 6) is 5.28. The van der Waals surface area contributed by atoms with Crippen molar-refractivity contribution in [2.24, 2.45) is 12.9 Å². The normalized spacial score (nSPS) is 13.2. The number of hydrazine groups is 1. The summed E-state index contributed by atoms with van der Waals surface area (Å²) in [6.45, 7) is 0. The van der Waals surface area contributed by atoms with Crippen LogP contribution >= 0.6 is 0 Å². The molecule has 0 aliphatic heterocycles. The van der Waals surface area contributed by atoms with Gasteiger partial charge < -0.3 is 9.30 Å². The maximum atomic E-state index is 12.1. The molecule has 2 aromatic rings. The topological polar surface area (TPSA) is 65.1 Å². The molecular formula is C13H15F3N4O. The zero-order valence-electron chi connectivity index (χ0n) is 11.3. The van der Waals surface area contributed by atoms with E-state index in [4.69, 9.17) is 5.84 Å². The van der Waals surface area contributed by atoms with Crippen LogP contribution in [0.3, 0.4) is 0 Å². The smallest absolute Gasteiger partial charge is 0.406 e. The number of alkyl halides is 3. The van der Waals surface area contributed by atoms with E-state index < -0.39 is 6.36 Å². The van der Waals surface area contributed by atoms with Crippen LogP contribution < -0.4 is 16.0 Å². The molecule has 1 atom stereocenters. The van der Waals surface area contributed by atoms with Crippen molar-refractivity contribution in [2.75, 3.05) is 0 Å². The number of nitrogens with two attached hydrogens (primary N) is 1. The van der Waals surface area contributed by atoms with E-state index in [1.807, 2.05) is 11.6 Å². The molecule has 1 aromatic heterocycles. The molecule has 0 amide bonds. The van der Waals surface area contributed by atoms with Gasteiger partial charge in [-0.2, -0.15) is 0 Å². The Morgan fingerprint density at radius 1 is 1.33 bits per heavy atom. The van der Waals surface area contributed by atoms with Crippen LogP contribution in [-0.2, 0) is 13.5 Å². The minimum atomic E-state index is -4.68. The lowest BCUT2D eigenvalue weighted by atomic mass is 10.0. The van der Waals surface area contributed by atoms with Gasteiger partial charge in [0.25, 0.3) is 0 Å². The number of benzene rings is 1. The predicted octanol–water partition coefficient (Wildman–Crippen LogP) is 2.07. The van der Waals surface area contributed by atoms with E-state index in [0.29, 0.717) is 6.42 Å². The summed E-state index contributed by atoms with van der Waals surface area (Å²) in [6.07, 6.45) is -0.828. The quantitative estimate of drug-likeness (QED) is 0.655. The Kier molecular flexibility index (Phi) is 4.49. The summed E-state index contributed by atoms with van der Waals surface area (Å²) < 4.78 is 41.9. The molecule has 3 N–H and O–H groups in total. The number of nitrogens with one attached hydrogen (secondary N) is 1. The minimum Gasteiger partial charge on any atom is -0.406 e. The van der Waals surface area contributed by atoms with Crippen molar-refractivity contribution >= 4 is 0 Å². The zero-order chi connectivity index (χ0) is 15.5. The van der Waals surface area contributed by atoms with Crippen LogP contribution in [0.1, 0.15) is 17.3 Å². The molecule has 0 aliphatic carbocycles. The third kappa shape index (κ3) is 4.20. The summed E-state index contributed by atoms with van der Waals surface area (Å²) in [7, 11) is 1.84. The SMILES string of the molecule is Cn1cncc1C(Cc1ccc(OC(F)(F)F)cc1)NN. The first-order valence-electron chi connectivity index (χ1n) is 6.16. The number of ether oxygens (including phenoxy) is 1. The Morgan fingerprint density at radius 3 is 2.48 bits per heavy atom. The molecule has 0 fully saturated rings. The highest BCUT2D eigenvalue weighted by Gasteiger charge is 2.31. The van der Waals surface area contributed by atoms with Crippen molar-refractivity contribution in [3.8, 4) is 5.75 Å². The average Bonchev–Trinajstić information content (AvgIpc) is 2.82. The van der Waals surface area contributed by atoms with Crippen LogP contribution in [0, 0.1) is 0 Å². The summed E-state index contributed by atoms with van der Waals surface area (Å²) in [5, 5.41) is 0. The molecular weight excluding hydrogens is 285 g/mol. The fraction of sp³-hybridized carbons (Fsp3) is 0.308. The fourth-order valence-corrected chi connectivity index (χ4v) is 2.02. The maximum absolute atomic E-state index is 12.1. The monoisotopic (exact) mass is 300 g/mol. The van der Waals surface area contributed by atoms with Gasteiger partial charge in [-0.3, -0.25) is 11.3 Å². The number of imidazole rings is 1. The minimum absolute atomic E-state index is 0.188. The van der Waals surface area contributed by atoms with E-state index in [1.54, 1.807) is 24.7 Å². The first kappa shape index (κ1) is 15.3. The third-order valence-corrected chi connectivity index (χ3v) is 3.01. The molecule has 21 heavy (non-hydrogen) atoms. The van der Waals surface area contributed by atoms with E-state index in [2.05, 4.69) is 15.1 Å². The standard InChI is InChI=1S/C13H15F3N4O/c1-20-8-18-7-12(20)11(19-17)6-9-2-4-10(5-3-9)21-13(14,15)16/h2-5,7-8,11,19H,6,17H2,1H3. The van der Waals surface area contributed by atoms with Crippen molar-refractivity contribution in [3.05, 3.63) is 48.0 Å². The number of hydrogen-bond donors (Lipinski definition) is 2. The molecule has 0 spiro atoms. The molecule has 1 aromatic carbocycles. The van der Waals surface area contributed by atoms with E-state index in [0.717, 1.165) is 11.3 Å². The zero-order valence-corrected chi connectivity index (χ0v) is 11.3. The molecule has 8 heteroatoms. The molecule has 114 valence electrons. The number of hydrogen-bond acceptors (Lipinski definition) is 4. The molecule has 0 aliphatic rings. The Labute approximate surface area is 119 Å². The highest BCUT2D eigenvalue weighted by molar-refractivity contribution is 5.28. The van der Waals surface area contributed by atoms with Crippen LogP contribution in [0.15, 0.2) is 36.8 Å². The van der Waals surface area contributed by atoms with Gasteiger partial charge in [-0.1, -0.05) is 12.1 Å². The molecule has 5 nitrogen and oxygen atoms in total. The van der Waals surface area contributed by atoms with Crippen LogP contribution in [0.2, 0.25) is 0 Å². The summed E-state index contributed by atoms with van der Waals surface area (Å²) >= 11 is 0. The van der Waals surface area contributed by atoms with Crippen LogP contribution in [0.4, 0.5) is 13.2 Å². The maximum Gasteiger partial charge on any atom is 0.573 e. The second-order valence-electron chi connectivity index (χ2n) is 4.54. The molecule has 0 bridgehead atoms. The third-order valence-electron chi connectivity index (χ3n) is 3.01. The van der Waals surface area contributed by atoms with Crippen LogP contribution in [0.5, 0.6) is 5.75 Å². The Hall–Kier alpha value is -2.06. The highest BCUT2D eigenvalue weighted by Crippen LogP contribution is 2.24. The van der Waals surface area contributed by atoms with Gasteiger partial charge in [0.1, 0.15) is 5.75 Å². The molecule has 1 heterocycles. The number of aromatic nitrogens is 2. The van der Waals surface area contributed by atoms with Gasteiger partial charge in [0.15, 0.2) is 0 Å².